The van der Waals surface area contributed by atoms with Crippen LogP contribution in [0.25, 0.3) is 0 Å². The molecule has 8 heteroatoms. The minimum absolute atomic E-state index is 0.0349. The largest absolute Gasteiger partial charge is 0.320 e. The molecular weight excluding hydrogens is 430 g/mol. The molecule has 1 saturated carbocycles. The van der Waals surface area contributed by atoms with Crippen molar-refractivity contribution in [3.05, 3.63) is 41.7 Å². The summed E-state index contributed by atoms with van der Waals surface area (Å²) in [5, 5.41) is 0.905. The van der Waals surface area contributed by atoms with Gasteiger partial charge in [-0.2, -0.15) is 0 Å². The fourth-order valence-corrected chi connectivity index (χ4v) is 7.51. The molecule has 1 aromatic carbocycles. The van der Waals surface area contributed by atoms with Gasteiger partial charge in [-0.3, -0.25) is 4.79 Å². The van der Waals surface area contributed by atoms with Crippen LogP contribution in [0.3, 0.4) is 0 Å². The van der Waals surface area contributed by atoms with Crippen LogP contribution >= 0.6 is 11.8 Å². The first kappa shape index (κ1) is 22.4. The van der Waals surface area contributed by atoms with Crippen molar-refractivity contribution >= 4 is 33.2 Å². The topological polar surface area (TPSA) is 72.3 Å². The van der Waals surface area contributed by atoms with Gasteiger partial charge in [0.05, 0.1) is 29.0 Å². The number of anilines is 1. The van der Waals surface area contributed by atoms with Crippen LogP contribution in [0, 0.1) is 13.8 Å². The summed E-state index contributed by atoms with van der Waals surface area (Å²) in [4.78, 5) is 19.8. The van der Waals surface area contributed by atoms with Gasteiger partial charge in [0.1, 0.15) is 0 Å². The Morgan fingerprint density at radius 1 is 1.13 bits per heavy atom. The number of carbonyl (C=O) groups is 1. The number of para-hydroxylation sites is 1. The number of aryl methyl sites for hydroxylation is 1. The molecule has 0 radical (unpaired) electrons. The average molecular weight is 462 g/mol. The van der Waals surface area contributed by atoms with E-state index in [2.05, 4.69) is 11.5 Å². The molecule has 1 atom stereocenters. The van der Waals surface area contributed by atoms with Crippen LogP contribution in [0.5, 0.6) is 0 Å². The predicted octanol–water partition coefficient (Wildman–Crippen LogP) is 4.32. The second-order valence-electron chi connectivity index (χ2n) is 8.67. The number of benzene rings is 1. The second kappa shape index (κ2) is 9.36. The van der Waals surface area contributed by atoms with Crippen LogP contribution in [0.15, 0.2) is 35.5 Å². The van der Waals surface area contributed by atoms with Crippen LogP contribution in [0.2, 0.25) is 0 Å². The molecule has 2 fully saturated rings. The Kier molecular flexibility index (Phi) is 6.77. The number of aromatic nitrogens is 2. The molecule has 0 spiro atoms. The van der Waals surface area contributed by atoms with Crippen LogP contribution in [0.1, 0.15) is 56.0 Å². The lowest BCUT2D eigenvalue weighted by molar-refractivity contribution is -0.116. The van der Waals surface area contributed by atoms with Gasteiger partial charge in [0.15, 0.2) is 15.0 Å². The van der Waals surface area contributed by atoms with Crippen molar-refractivity contribution in [2.24, 2.45) is 0 Å². The Morgan fingerprint density at radius 3 is 2.48 bits per heavy atom. The number of sulfone groups is 1. The van der Waals surface area contributed by atoms with Gasteiger partial charge in [-0.25, -0.2) is 13.4 Å². The van der Waals surface area contributed by atoms with Gasteiger partial charge in [0.25, 0.3) is 0 Å². The Balaban J connectivity index is 1.54. The van der Waals surface area contributed by atoms with Crippen molar-refractivity contribution in [2.75, 3.05) is 22.2 Å². The zero-order valence-electron chi connectivity index (χ0n) is 18.3. The Hall–Kier alpha value is -1.80. The summed E-state index contributed by atoms with van der Waals surface area (Å²) in [6.07, 6.45) is 6.58. The van der Waals surface area contributed by atoms with E-state index in [-0.39, 0.29) is 29.2 Å². The molecule has 1 saturated heterocycles. The monoisotopic (exact) mass is 461 g/mol. The maximum atomic E-state index is 13.4. The molecule has 31 heavy (non-hydrogen) atoms. The molecule has 1 aliphatic carbocycles. The summed E-state index contributed by atoms with van der Waals surface area (Å²) in [6.45, 7) is 4.14. The van der Waals surface area contributed by atoms with Gasteiger partial charge >= 0.3 is 0 Å². The summed E-state index contributed by atoms with van der Waals surface area (Å²) in [5.41, 5.74) is 2.96. The van der Waals surface area contributed by atoms with Gasteiger partial charge in [0, 0.05) is 17.4 Å². The van der Waals surface area contributed by atoms with Gasteiger partial charge in [-0.1, -0.05) is 49.2 Å². The number of carbonyl (C=O) groups excluding carboxylic acids is 1. The summed E-state index contributed by atoms with van der Waals surface area (Å²) in [7, 11) is -3.09. The molecule has 168 valence electrons. The molecule has 0 N–H and O–H groups in total. The fraction of sp³-hybridized carbons (Fsp3) is 0.565. The molecular formula is C23H31N3O3S2. The molecule has 0 bridgehead atoms. The van der Waals surface area contributed by atoms with Crippen LogP contribution < -0.4 is 4.90 Å². The molecule has 2 aliphatic rings. The highest BCUT2D eigenvalue weighted by Crippen LogP contribution is 2.35. The van der Waals surface area contributed by atoms with E-state index in [4.69, 9.17) is 4.98 Å². The highest BCUT2D eigenvalue weighted by molar-refractivity contribution is 7.99. The molecule has 6 nitrogen and oxygen atoms in total. The average Bonchev–Trinajstić information content (AvgIpc) is 3.26. The summed E-state index contributed by atoms with van der Waals surface area (Å²) < 4.78 is 26.5. The lowest BCUT2D eigenvalue weighted by atomic mass is 9.95. The zero-order valence-corrected chi connectivity index (χ0v) is 19.9. The Morgan fingerprint density at radius 2 is 1.84 bits per heavy atom. The van der Waals surface area contributed by atoms with E-state index in [1.54, 1.807) is 4.90 Å². The van der Waals surface area contributed by atoms with Crippen LogP contribution in [0.4, 0.5) is 5.69 Å². The summed E-state index contributed by atoms with van der Waals surface area (Å²) >= 11 is 1.48. The number of amides is 1. The van der Waals surface area contributed by atoms with E-state index in [0.717, 1.165) is 29.4 Å². The fourth-order valence-electron chi connectivity index (χ4n) is 4.79. The molecule has 4 rings (SSSR count). The van der Waals surface area contributed by atoms with Gasteiger partial charge in [-0.05, 0) is 45.2 Å². The third kappa shape index (κ3) is 5.00. The number of thioether (sulfide) groups is 1. The van der Waals surface area contributed by atoms with Crippen molar-refractivity contribution in [3.63, 3.8) is 0 Å². The smallest absolute Gasteiger partial charge is 0.237 e. The van der Waals surface area contributed by atoms with E-state index >= 15 is 0 Å². The third-order valence-corrected chi connectivity index (χ3v) is 9.18. The molecule has 1 aliphatic heterocycles. The Labute approximate surface area is 189 Å². The van der Waals surface area contributed by atoms with Crippen molar-refractivity contribution in [1.82, 2.24) is 9.55 Å². The standard InChI is InChI=1S/C23H31N3O3S2/c1-17-18(2)25(19-9-5-3-6-10-19)23(24-17)30-15-22(27)26(20-11-7-4-8-12-20)21-13-14-31(28,29)16-21/h4,7-8,11-12,19,21H,3,5-6,9-10,13-16H2,1-2H3/t21-/m0/s1. The van der Waals surface area contributed by atoms with Crippen molar-refractivity contribution in [1.29, 1.82) is 0 Å². The van der Waals surface area contributed by atoms with Gasteiger partial charge in [-0.15, -0.1) is 0 Å². The minimum Gasteiger partial charge on any atom is -0.320 e. The van der Waals surface area contributed by atoms with Crippen molar-refractivity contribution < 1.29 is 13.2 Å². The van der Waals surface area contributed by atoms with Gasteiger partial charge < -0.3 is 9.47 Å². The molecule has 2 heterocycles. The quantitative estimate of drug-likeness (QED) is 0.599. The number of rotatable bonds is 6. The van der Waals surface area contributed by atoms with Crippen molar-refractivity contribution in [3.8, 4) is 0 Å². The lowest BCUT2D eigenvalue weighted by Gasteiger charge is -2.29. The summed E-state index contributed by atoms with van der Waals surface area (Å²) in [5.74, 6) is 0.361. The normalized spacial score (nSPS) is 21.3. The number of nitrogens with zero attached hydrogens (tertiary/aromatic N) is 3. The highest BCUT2D eigenvalue weighted by Gasteiger charge is 2.35. The summed E-state index contributed by atoms with van der Waals surface area (Å²) in [6, 6.07) is 9.58. The molecule has 1 aromatic heterocycles. The maximum absolute atomic E-state index is 13.4. The maximum Gasteiger partial charge on any atom is 0.237 e. The molecule has 0 unspecified atom stereocenters. The first-order valence-corrected chi connectivity index (χ1v) is 13.9. The van der Waals surface area contributed by atoms with Gasteiger partial charge in [0.2, 0.25) is 5.91 Å². The number of imidazole rings is 1. The second-order valence-corrected chi connectivity index (χ2v) is 11.8. The predicted molar refractivity (Wildman–Crippen MR) is 126 cm³/mol. The zero-order chi connectivity index (χ0) is 22.0. The number of hydrogen-bond donors (Lipinski definition) is 0. The van der Waals surface area contributed by atoms with Crippen LogP contribution in [-0.4, -0.2) is 47.2 Å². The highest BCUT2D eigenvalue weighted by atomic mass is 32.2. The van der Waals surface area contributed by atoms with E-state index in [1.807, 2.05) is 37.3 Å². The number of hydrogen-bond acceptors (Lipinski definition) is 5. The first-order valence-electron chi connectivity index (χ1n) is 11.1. The van der Waals surface area contributed by atoms with E-state index in [9.17, 15) is 13.2 Å². The first-order chi connectivity index (χ1) is 14.9. The van der Waals surface area contributed by atoms with E-state index in [1.165, 1.54) is 36.7 Å². The Bertz CT molecular complexity index is 1030. The third-order valence-electron chi connectivity index (χ3n) is 6.50. The lowest BCUT2D eigenvalue weighted by Crippen LogP contribution is -2.42. The van der Waals surface area contributed by atoms with E-state index < -0.39 is 9.84 Å². The minimum atomic E-state index is -3.09. The molecule has 2 aromatic rings. The van der Waals surface area contributed by atoms with E-state index in [0.29, 0.717) is 12.5 Å². The SMILES string of the molecule is Cc1nc(SCC(=O)N(c2ccccc2)[C@H]2CCS(=O)(=O)C2)n(C2CCCCC2)c1C. The molecule has 1 amide bonds. The van der Waals surface area contributed by atoms with Crippen molar-refractivity contribution in [2.45, 2.75) is 69.6 Å². The van der Waals surface area contributed by atoms with Crippen LogP contribution in [-0.2, 0) is 14.6 Å².